The maximum atomic E-state index is 14.7. The van der Waals surface area contributed by atoms with Crippen LogP contribution in [0, 0.1) is 29.4 Å². The Hall–Kier alpha value is -1.70. The van der Waals surface area contributed by atoms with Crippen molar-refractivity contribution in [2.45, 2.75) is 122 Å². The Kier molecular flexibility index (Phi) is 10.4. The lowest BCUT2D eigenvalue weighted by Gasteiger charge is -2.38. The molecule has 0 radical (unpaired) electrons. The second kappa shape index (κ2) is 13.7. The molecular formula is C34H48F2. The lowest BCUT2D eigenvalue weighted by atomic mass is 9.68. The summed E-state index contributed by atoms with van der Waals surface area (Å²) in [6.45, 7) is 4.38. The second-order valence-corrected chi connectivity index (χ2v) is 11.9. The maximum absolute atomic E-state index is 14.7. The quantitative estimate of drug-likeness (QED) is 0.273. The average molecular weight is 495 g/mol. The third-order valence-electron chi connectivity index (χ3n) is 9.43. The molecule has 2 aromatic carbocycles. The van der Waals surface area contributed by atoms with Crippen molar-refractivity contribution in [1.29, 1.82) is 0 Å². The molecule has 198 valence electrons. The molecule has 2 fully saturated rings. The van der Waals surface area contributed by atoms with E-state index in [1.54, 1.807) is 5.56 Å². The predicted octanol–water partition coefficient (Wildman–Crippen LogP) is 10.4. The van der Waals surface area contributed by atoms with Crippen LogP contribution in [0.25, 0.3) is 0 Å². The molecule has 0 aliphatic heterocycles. The van der Waals surface area contributed by atoms with Crippen LogP contribution in [-0.4, -0.2) is 0 Å². The van der Waals surface area contributed by atoms with E-state index in [0.717, 1.165) is 43.4 Å². The second-order valence-electron chi connectivity index (χ2n) is 11.9. The smallest absolute Gasteiger partial charge is 0.162 e. The van der Waals surface area contributed by atoms with Crippen LogP contribution in [0.5, 0.6) is 0 Å². The minimum atomic E-state index is -0.597. The van der Waals surface area contributed by atoms with Crippen LogP contribution >= 0.6 is 0 Å². The Morgan fingerprint density at radius 2 is 1.19 bits per heavy atom. The van der Waals surface area contributed by atoms with Crippen molar-refractivity contribution >= 4 is 0 Å². The van der Waals surface area contributed by atoms with Crippen molar-refractivity contribution in [2.75, 3.05) is 0 Å². The van der Waals surface area contributed by atoms with E-state index in [1.807, 2.05) is 12.1 Å². The van der Waals surface area contributed by atoms with E-state index in [4.69, 9.17) is 0 Å². The third kappa shape index (κ3) is 7.20. The Morgan fingerprint density at radius 1 is 0.611 bits per heavy atom. The molecule has 0 N–H and O–H groups in total. The summed E-state index contributed by atoms with van der Waals surface area (Å²) >= 11 is 0. The SMILES string of the molecule is CCCCCc1ccc(CCC2CCC(C3CCC(c4ccc(CCC)cc4)CC3)CC2)c(F)c1F. The molecule has 2 aromatic rings. The molecule has 0 spiro atoms. The number of hydrogen-bond donors (Lipinski definition) is 0. The summed E-state index contributed by atoms with van der Waals surface area (Å²) in [7, 11) is 0. The fraction of sp³-hybridized carbons (Fsp3) is 0.647. The molecule has 2 aliphatic rings. The van der Waals surface area contributed by atoms with Gasteiger partial charge in [-0.1, -0.05) is 82.3 Å². The highest BCUT2D eigenvalue weighted by Crippen LogP contribution is 2.44. The fourth-order valence-corrected chi connectivity index (χ4v) is 7.06. The summed E-state index contributed by atoms with van der Waals surface area (Å²) in [5, 5.41) is 0. The predicted molar refractivity (Wildman–Crippen MR) is 148 cm³/mol. The first-order chi connectivity index (χ1) is 17.6. The zero-order valence-electron chi connectivity index (χ0n) is 22.8. The van der Waals surface area contributed by atoms with Crippen LogP contribution in [0.15, 0.2) is 36.4 Å². The molecule has 0 nitrogen and oxygen atoms in total. The van der Waals surface area contributed by atoms with Gasteiger partial charge in [-0.15, -0.1) is 0 Å². The summed E-state index contributed by atoms with van der Waals surface area (Å²) in [5.41, 5.74) is 4.15. The summed E-state index contributed by atoms with van der Waals surface area (Å²) < 4.78 is 29.2. The van der Waals surface area contributed by atoms with Gasteiger partial charge in [-0.3, -0.25) is 0 Å². The fourth-order valence-electron chi connectivity index (χ4n) is 7.06. The van der Waals surface area contributed by atoms with Gasteiger partial charge in [0, 0.05) is 0 Å². The van der Waals surface area contributed by atoms with Gasteiger partial charge in [-0.2, -0.15) is 0 Å². The van der Waals surface area contributed by atoms with Crippen molar-refractivity contribution in [3.63, 3.8) is 0 Å². The van der Waals surface area contributed by atoms with E-state index < -0.39 is 11.6 Å². The van der Waals surface area contributed by atoms with Gasteiger partial charge in [-0.05, 0) is 117 Å². The maximum Gasteiger partial charge on any atom is 0.162 e. The molecule has 2 aliphatic carbocycles. The van der Waals surface area contributed by atoms with Gasteiger partial charge in [0.2, 0.25) is 0 Å². The molecule has 0 heterocycles. The molecule has 0 bridgehead atoms. The minimum absolute atomic E-state index is 0.549. The summed E-state index contributed by atoms with van der Waals surface area (Å²) in [5.74, 6) is 2.01. The largest absolute Gasteiger partial charge is 0.203 e. The number of aryl methyl sites for hydroxylation is 3. The zero-order valence-corrected chi connectivity index (χ0v) is 22.8. The highest BCUT2D eigenvalue weighted by atomic mass is 19.2. The number of hydrogen-bond acceptors (Lipinski definition) is 0. The number of halogens is 2. The molecule has 36 heavy (non-hydrogen) atoms. The van der Waals surface area contributed by atoms with E-state index in [9.17, 15) is 8.78 Å². The Morgan fingerprint density at radius 3 is 1.78 bits per heavy atom. The lowest BCUT2D eigenvalue weighted by Crippen LogP contribution is -2.25. The normalized spacial score (nSPS) is 24.7. The van der Waals surface area contributed by atoms with Gasteiger partial charge < -0.3 is 0 Å². The molecule has 4 rings (SSSR count). The van der Waals surface area contributed by atoms with Crippen LogP contribution in [0.1, 0.15) is 125 Å². The lowest BCUT2D eigenvalue weighted by molar-refractivity contribution is 0.157. The minimum Gasteiger partial charge on any atom is -0.203 e. The number of rotatable bonds is 11. The molecule has 0 atom stereocenters. The summed E-state index contributed by atoms with van der Waals surface area (Å²) in [4.78, 5) is 0. The molecule has 2 saturated carbocycles. The van der Waals surface area contributed by atoms with Crippen LogP contribution in [0.4, 0.5) is 8.78 Å². The zero-order chi connectivity index (χ0) is 25.3. The van der Waals surface area contributed by atoms with Crippen LogP contribution in [0.3, 0.4) is 0 Å². The van der Waals surface area contributed by atoms with Crippen molar-refractivity contribution in [3.8, 4) is 0 Å². The Bertz CT molecular complexity index is 915. The van der Waals surface area contributed by atoms with E-state index in [2.05, 4.69) is 38.1 Å². The van der Waals surface area contributed by atoms with E-state index >= 15 is 0 Å². The van der Waals surface area contributed by atoms with E-state index in [-0.39, 0.29) is 0 Å². The van der Waals surface area contributed by atoms with Crippen LogP contribution in [-0.2, 0) is 19.3 Å². The molecule has 0 amide bonds. The molecule has 0 unspecified atom stereocenters. The van der Waals surface area contributed by atoms with Gasteiger partial charge in [-0.25, -0.2) is 8.78 Å². The topological polar surface area (TPSA) is 0 Å². The Labute approximate surface area is 219 Å². The van der Waals surface area contributed by atoms with Gasteiger partial charge >= 0.3 is 0 Å². The van der Waals surface area contributed by atoms with E-state index in [1.165, 1.54) is 69.8 Å². The first-order valence-electron chi connectivity index (χ1n) is 15.1. The van der Waals surface area contributed by atoms with Crippen LogP contribution < -0.4 is 0 Å². The molecule has 2 heteroatoms. The highest BCUT2D eigenvalue weighted by molar-refractivity contribution is 5.27. The number of unbranched alkanes of at least 4 members (excludes halogenated alkanes) is 2. The van der Waals surface area contributed by atoms with Crippen LogP contribution in [0.2, 0.25) is 0 Å². The van der Waals surface area contributed by atoms with Crippen molar-refractivity contribution in [1.82, 2.24) is 0 Å². The van der Waals surface area contributed by atoms with Gasteiger partial charge in [0.05, 0.1) is 0 Å². The molecule has 0 aromatic heterocycles. The third-order valence-corrected chi connectivity index (χ3v) is 9.43. The van der Waals surface area contributed by atoms with Crippen molar-refractivity contribution in [2.24, 2.45) is 17.8 Å². The first kappa shape index (κ1) is 27.3. The van der Waals surface area contributed by atoms with Crippen molar-refractivity contribution in [3.05, 3.63) is 70.3 Å². The number of benzene rings is 2. The first-order valence-corrected chi connectivity index (χ1v) is 15.1. The summed E-state index contributed by atoms with van der Waals surface area (Å²) in [6.07, 6.45) is 18.5. The highest BCUT2D eigenvalue weighted by Gasteiger charge is 2.31. The monoisotopic (exact) mass is 494 g/mol. The van der Waals surface area contributed by atoms with Gasteiger partial charge in [0.1, 0.15) is 0 Å². The van der Waals surface area contributed by atoms with Gasteiger partial charge in [0.15, 0.2) is 11.6 Å². The Balaban J connectivity index is 1.19. The van der Waals surface area contributed by atoms with Gasteiger partial charge in [0.25, 0.3) is 0 Å². The molecule has 0 saturated heterocycles. The summed E-state index contributed by atoms with van der Waals surface area (Å²) in [6, 6.07) is 13.1. The standard InChI is InChI=1S/C34H48F2/c1-3-5-6-8-31-23-24-32(34(36)33(31)35)18-13-26-11-16-28(17-12-26)30-21-19-29(20-22-30)27-14-9-25(7-4-2)10-15-27/h9-10,14-15,23-24,26,28-30H,3-8,11-13,16-22H2,1-2H3. The van der Waals surface area contributed by atoms with E-state index in [0.29, 0.717) is 29.9 Å². The van der Waals surface area contributed by atoms with Crippen molar-refractivity contribution < 1.29 is 8.78 Å². The molecular weight excluding hydrogens is 446 g/mol. The average Bonchev–Trinajstić information content (AvgIpc) is 2.92.